The molecule has 17 heavy (non-hydrogen) atoms. The second kappa shape index (κ2) is 4.68. The van der Waals surface area contributed by atoms with E-state index in [0.29, 0.717) is 5.56 Å². The highest BCUT2D eigenvalue weighted by molar-refractivity contribution is 5.81. The molecule has 1 aromatic rings. The second-order valence-corrected chi connectivity index (χ2v) is 3.18. The van der Waals surface area contributed by atoms with E-state index in [2.05, 4.69) is 4.74 Å². The van der Waals surface area contributed by atoms with Gasteiger partial charge in [-0.05, 0) is 5.56 Å². The first-order chi connectivity index (χ1) is 7.75. The number of alkyl halides is 5. The highest BCUT2D eigenvalue weighted by Crippen LogP contribution is 2.36. The van der Waals surface area contributed by atoms with E-state index in [1.807, 2.05) is 0 Å². The van der Waals surface area contributed by atoms with Gasteiger partial charge in [0.05, 0.1) is 0 Å². The Hall–Kier alpha value is -1.66. The predicted molar refractivity (Wildman–Crippen MR) is 50.0 cm³/mol. The van der Waals surface area contributed by atoms with E-state index < -0.39 is 24.6 Å². The number of ether oxygens (including phenoxy) is 1. The maximum Gasteiger partial charge on any atom is 0.463 e. The summed E-state index contributed by atoms with van der Waals surface area (Å²) in [7, 11) is 0. The summed E-state index contributed by atoms with van der Waals surface area (Å²) in [4.78, 5) is 0. The molecule has 0 aliphatic rings. The van der Waals surface area contributed by atoms with Crippen molar-refractivity contribution < 1.29 is 26.7 Å². The minimum atomic E-state index is -5.82. The summed E-state index contributed by atoms with van der Waals surface area (Å²) in [6.45, 7) is -0.509. The zero-order valence-corrected chi connectivity index (χ0v) is 8.39. The molecule has 0 aliphatic heterocycles. The van der Waals surface area contributed by atoms with Gasteiger partial charge in [-0.15, -0.1) is 0 Å². The molecular formula is C10H8F5NO. The van der Waals surface area contributed by atoms with E-state index in [1.54, 1.807) is 18.2 Å². The average molecular weight is 253 g/mol. The zero-order valence-electron chi connectivity index (χ0n) is 8.39. The lowest BCUT2D eigenvalue weighted by Gasteiger charge is -2.20. The van der Waals surface area contributed by atoms with Crippen LogP contribution < -0.4 is 0 Å². The van der Waals surface area contributed by atoms with E-state index >= 15 is 0 Å². The van der Waals surface area contributed by atoms with Gasteiger partial charge in [-0.1, -0.05) is 30.3 Å². The van der Waals surface area contributed by atoms with Crippen molar-refractivity contribution in [3.63, 3.8) is 0 Å². The highest BCUT2D eigenvalue weighted by Gasteiger charge is 2.62. The van der Waals surface area contributed by atoms with Crippen molar-refractivity contribution in [1.82, 2.24) is 0 Å². The van der Waals surface area contributed by atoms with Crippen LogP contribution in [0.1, 0.15) is 5.56 Å². The van der Waals surface area contributed by atoms with Crippen molar-refractivity contribution in [1.29, 1.82) is 5.41 Å². The molecule has 0 aliphatic carbocycles. The molecule has 0 aromatic heterocycles. The first kappa shape index (κ1) is 13.4. The van der Waals surface area contributed by atoms with Crippen LogP contribution in [0, 0.1) is 5.41 Å². The SMILES string of the molecule is N=C(OCc1ccccc1)C(F)(F)C(F)(F)F. The largest absolute Gasteiger partial charge is 0.472 e. The Kier molecular flexibility index (Phi) is 3.69. The average Bonchev–Trinajstić information content (AvgIpc) is 2.25. The van der Waals surface area contributed by atoms with Crippen LogP contribution in [0.2, 0.25) is 0 Å². The third kappa shape index (κ3) is 3.15. The van der Waals surface area contributed by atoms with Crippen LogP contribution in [-0.4, -0.2) is 18.0 Å². The topological polar surface area (TPSA) is 33.1 Å². The maximum atomic E-state index is 12.6. The van der Waals surface area contributed by atoms with E-state index in [1.165, 1.54) is 12.1 Å². The molecule has 0 radical (unpaired) electrons. The number of benzene rings is 1. The standard InChI is InChI=1S/C10H8F5NO/c11-9(12,10(13,14)15)8(16)17-6-7-4-2-1-3-5-7/h1-5,16H,6H2. The van der Waals surface area contributed by atoms with Gasteiger partial charge < -0.3 is 4.74 Å². The van der Waals surface area contributed by atoms with Gasteiger partial charge in [0.15, 0.2) is 0 Å². The van der Waals surface area contributed by atoms with Crippen LogP contribution in [0.15, 0.2) is 30.3 Å². The summed E-state index contributed by atoms with van der Waals surface area (Å²) in [5.41, 5.74) is 0.398. The normalized spacial score (nSPS) is 12.3. The van der Waals surface area contributed by atoms with E-state index in [4.69, 9.17) is 5.41 Å². The summed E-state index contributed by atoms with van der Waals surface area (Å²) in [6, 6.07) is 7.77. The summed E-state index contributed by atoms with van der Waals surface area (Å²) < 4.78 is 64.8. The molecule has 0 bridgehead atoms. The number of halogens is 5. The molecule has 0 saturated carbocycles. The lowest BCUT2D eigenvalue weighted by Crippen LogP contribution is -2.44. The van der Waals surface area contributed by atoms with Gasteiger partial charge in [-0.2, -0.15) is 22.0 Å². The summed E-state index contributed by atoms with van der Waals surface area (Å²) in [6.07, 6.45) is -5.82. The van der Waals surface area contributed by atoms with E-state index in [0.717, 1.165) is 0 Å². The van der Waals surface area contributed by atoms with Crippen LogP contribution in [0.5, 0.6) is 0 Å². The number of hydrogen-bond acceptors (Lipinski definition) is 2. The molecule has 0 heterocycles. The fourth-order valence-electron chi connectivity index (χ4n) is 0.949. The Morgan fingerprint density at radius 1 is 1.06 bits per heavy atom. The third-order valence-electron chi connectivity index (χ3n) is 1.87. The van der Waals surface area contributed by atoms with Crippen molar-refractivity contribution in [3.8, 4) is 0 Å². The Balaban J connectivity index is 2.62. The molecule has 1 N–H and O–H groups in total. The summed E-state index contributed by atoms with van der Waals surface area (Å²) in [5, 5.41) is 6.60. The molecule has 94 valence electrons. The molecule has 0 amide bonds. The van der Waals surface area contributed by atoms with Gasteiger partial charge in [-0.25, -0.2) is 0 Å². The van der Waals surface area contributed by atoms with E-state index in [9.17, 15) is 22.0 Å². The minimum Gasteiger partial charge on any atom is -0.472 e. The van der Waals surface area contributed by atoms with Gasteiger partial charge in [0.2, 0.25) is 0 Å². The Morgan fingerprint density at radius 3 is 2.06 bits per heavy atom. The fraction of sp³-hybridized carbons (Fsp3) is 0.300. The molecule has 1 rings (SSSR count). The molecule has 0 atom stereocenters. The van der Waals surface area contributed by atoms with Gasteiger partial charge in [0, 0.05) is 0 Å². The lowest BCUT2D eigenvalue weighted by molar-refractivity contribution is -0.255. The monoisotopic (exact) mass is 253 g/mol. The Bertz CT molecular complexity index is 387. The fourth-order valence-corrected chi connectivity index (χ4v) is 0.949. The van der Waals surface area contributed by atoms with Crippen molar-refractivity contribution in [2.24, 2.45) is 0 Å². The number of rotatable bonds is 3. The molecule has 0 unspecified atom stereocenters. The van der Waals surface area contributed by atoms with Gasteiger partial charge in [-0.3, -0.25) is 5.41 Å². The molecule has 0 saturated heterocycles. The Labute approximate surface area is 93.5 Å². The zero-order chi connectivity index (χ0) is 13.1. The molecule has 0 fully saturated rings. The van der Waals surface area contributed by atoms with Gasteiger partial charge >= 0.3 is 12.1 Å². The Morgan fingerprint density at radius 2 is 1.59 bits per heavy atom. The third-order valence-corrected chi connectivity index (χ3v) is 1.87. The number of nitrogens with one attached hydrogen (secondary N) is 1. The number of hydrogen-bond donors (Lipinski definition) is 1. The van der Waals surface area contributed by atoms with Crippen LogP contribution in [0.25, 0.3) is 0 Å². The summed E-state index contributed by atoms with van der Waals surface area (Å²) >= 11 is 0. The van der Waals surface area contributed by atoms with Crippen molar-refractivity contribution in [3.05, 3.63) is 35.9 Å². The molecule has 7 heteroatoms. The quantitative estimate of drug-likeness (QED) is 0.500. The van der Waals surface area contributed by atoms with Crippen LogP contribution in [0.3, 0.4) is 0 Å². The van der Waals surface area contributed by atoms with E-state index in [-0.39, 0.29) is 0 Å². The van der Waals surface area contributed by atoms with Crippen molar-refractivity contribution in [2.75, 3.05) is 0 Å². The van der Waals surface area contributed by atoms with Gasteiger partial charge in [0.25, 0.3) is 5.90 Å². The molecular weight excluding hydrogens is 245 g/mol. The molecule has 1 aromatic carbocycles. The molecule has 0 spiro atoms. The smallest absolute Gasteiger partial charge is 0.463 e. The first-order valence-corrected chi connectivity index (χ1v) is 4.45. The van der Waals surface area contributed by atoms with Crippen LogP contribution in [0.4, 0.5) is 22.0 Å². The van der Waals surface area contributed by atoms with Crippen molar-refractivity contribution in [2.45, 2.75) is 18.7 Å². The predicted octanol–water partition coefficient (Wildman–Crippen LogP) is 3.38. The summed E-state index contributed by atoms with van der Waals surface area (Å²) in [5.74, 6) is -7.37. The first-order valence-electron chi connectivity index (χ1n) is 4.45. The van der Waals surface area contributed by atoms with Crippen molar-refractivity contribution >= 4 is 5.90 Å². The molecule has 2 nitrogen and oxygen atoms in total. The minimum absolute atomic E-state index is 0.398. The highest BCUT2D eigenvalue weighted by atomic mass is 19.4. The van der Waals surface area contributed by atoms with Crippen LogP contribution in [-0.2, 0) is 11.3 Å². The second-order valence-electron chi connectivity index (χ2n) is 3.18. The maximum absolute atomic E-state index is 12.6. The lowest BCUT2D eigenvalue weighted by atomic mass is 10.2. The van der Waals surface area contributed by atoms with Gasteiger partial charge in [0.1, 0.15) is 6.61 Å². The van der Waals surface area contributed by atoms with Crippen LogP contribution >= 0.6 is 0 Å².